The maximum absolute atomic E-state index is 13.3. The fourth-order valence-electron chi connectivity index (χ4n) is 4.20. The minimum atomic E-state index is -0.891. The zero-order valence-corrected chi connectivity index (χ0v) is 17.7. The Bertz CT molecular complexity index is 1170. The summed E-state index contributed by atoms with van der Waals surface area (Å²) in [6.07, 6.45) is 0. The third-order valence-corrected chi connectivity index (χ3v) is 6.43. The van der Waals surface area contributed by atoms with Crippen LogP contribution in [0.3, 0.4) is 0 Å². The molecule has 3 aromatic rings. The van der Waals surface area contributed by atoms with Crippen LogP contribution in [0.25, 0.3) is 0 Å². The molecule has 5 rings (SSSR count). The Kier molecular flexibility index (Phi) is 4.33. The van der Waals surface area contributed by atoms with E-state index in [0.29, 0.717) is 11.1 Å². The molecule has 0 bridgehead atoms. The van der Waals surface area contributed by atoms with Crippen molar-refractivity contribution in [1.82, 2.24) is 4.90 Å². The molecule has 2 atom stereocenters. The van der Waals surface area contributed by atoms with Crippen LogP contribution in [0.15, 0.2) is 77.3 Å². The first-order chi connectivity index (χ1) is 14.5. The number of rotatable bonds is 3. The zero-order valence-electron chi connectivity index (χ0n) is 16.1. The molecule has 1 fully saturated rings. The fourth-order valence-corrected chi connectivity index (χ4v) is 4.72. The molecule has 2 aliphatic rings. The second-order valence-electron chi connectivity index (χ2n) is 7.48. The van der Waals surface area contributed by atoms with E-state index in [1.807, 2.05) is 55.5 Å². The van der Waals surface area contributed by atoms with E-state index >= 15 is 0 Å². The van der Waals surface area contributed by atoms with Gasteiger partial charge in [-0.05, 0) is 42.8 Å². The highest BCUT2D eigenvalue weighted by atomic mass is 79.9. The number of aryl methyl sites for hydroxylation is 1. The number of halogens is 1. The van der Waals surface area contributed by atoms with Gasteiger partial charge in [0.25, 0.3) is 17.7 Å². The summed E-state index contributed by atoms with van der Waals surface area (Å²) in [6.45, 7) is 1.98. The number of carbonyl (C=O) groups excluding carboxylic acids is 3. The first-order valence-electron chi connectivity index (χ1n) is 9.60. The minimum Gasteiger partial charge on any atom is -0.300 e. The van der Waals surface area contributed by atoms with Gasteiger partial charge >= 0.3 is 0 Å². The Morgan fingerprint density at radius 2 is 1.27 bits per heavy atom. The van der Waals surface area contributed by atoms with Gasteiger partial charge in [-0.2, -0.15) is 0 Å². The van der Waals surface area contributed by atoms with Gasteiger partial charge in [0.15, 0.2) is 0 Å². The molecule has 6 heteroatoms. The molecule has 2 heterocycles. The molecular weight excluding hydrogens is 444 g/mol. The zero-order chi connectivity index (χ0) is 21.0. The van der Waals surface area contributed by atoms with Crippen LogP contribution in [0, 0.1) is 6.92 Å². The van der Waals surface area contributed by atoms with Gasteiger partial charge in [-0.25, -0.2) is 0 Å². The van der Waals surface area contributed by atoms with Crippen LogP contribution in [0.4, 0.5) is 5.69 Å². The Balaban J connectivity index is 1.61. The lowest BCUT2D eigenvalue weighted by molar-refractivity contribution is -0.130. The number of β-lactam (4-membered cyclic amide) rings is 1. The first-order valence-corrected chi connectivity index (χ1v) is 10.4. The quantitative estimate of drug-likeness (QED) is 0.426. The second kappa shape index (κ2) is 6.92. The van der Waals surface area contributed by atoms with Crippen LogP contribution in [0.1, 0.15) is 37.9 Å². The molecule has 0 aromatic heterocycles. The van der Waals surface area contributed by atoms with E-state index in [1.165, 1.54) is 0 Å². The van der Waals surface area contributed by atoms with E-state index < -0.39 is 23.9 Å². The van der Waals surface area contributed by atoms with Crippen molar-refractivity contribution in [2.24, 2.45) is 0 Å². The molecular formula is C24H17BrN2O3. The van der Waals surface area contributed by atoms with Crippen LogP contribution in [0.5, 0.6) is 0 Å². The number of hydrogen-bond donors (Lipinski definition) is 0. The average Bonchev–Trinajstić information content (AvgIpc) is 3.00. The fraction of sp³-hybridized carbons (Fsp3) is 0.125. The van der Waals surface area contributed by atoms with Gasteiger partial charge in [-0.15, -0.1) is 0 Å². The van der Waals surface area contributed by atoms with Crippen molar-refractivity contribution in [2.45, 2.75) is 19.0 Å². The van der Waals surface area contributed by atoms with Gasteiger partial charge in [0.1, 0.15) is 6.04 Å². The summed E-state index contributed by atoms with van der Waals surface area (Å²) in [5.41, 5.74) is 3.35. The maximum Gasteiger partial charge on any atom is 0.262 e. The summed E-state index contributed by atoms with van der Waals surface area (Å²) in [4.78, 5) is 42.2. The third kappa shape index (κ3) is 2.64. The summed E-state index contributed by atoms with van der Waals surface area (Å²) < 4.78 is 0.821. The number of anilines is 1. The molecule has 2 unspecified atom stereocenters. The number of amides is 3. The van der Waals surface area contributed by atoms with Crippen molar-refractivity contribution in [1.29, 1.82) is 0 Å². The molecule has 1 saturated heterocycles. The van der Waals surface area contributed by atoms with Gasteiger partial charge in [0.05, 0.1) is 17.2 Å². The highest BCUT2D eigenvalue weighted by Crippen LogP contribution is 2.45. The summed E-state index contributed by atoms with van der Waals surface area (Å²) in [5, 5.41) is 0. The van der Waals surface area contributed by atoms with E-state index in [0.717, 1.165) is 26.2 Å². The number of fused-ring (bicyclic) bond motifs is 1. The number of carbonyl (C=O) groups is 3. The van der Waals surface area contributed by atoms with Gasteiger partial charge < -0.3 is 4.90 Å². The summed E-state index contributed by atoms with van der Waals surface area (Å²) in [6, 6.07) is 20.6. The normalized spacial score (nSPS) is 20.4. The van der Waals surface area contributed by atoms with Crippen molar-refractivity contribution < 1.29 is 14.4 Å². The predicted molar refractivity (Wildman–Crippen MR) is 116 cm³/mol. The van der Waals surface area contributed by atoms with Gasteiger partial charge in [-0.1, -0.05) is 64.0 Å². The lowest BCUT2D eigenvalue weighted by Crippen LogP contribution is -2.67. The highest BCUT2D eigenvalue weighted by molar-refractivity contribution is 9.10. The smallest absolute Gasteiger partial charge is 0.262 e. The van der Waals surface area contributed by atoms with E-state index in [2.05, 4.69) is 15.9 Å². The van der Waals surface area contributed by atoms with Crippen molar-refractivity contribution in [3.05, 3.63) is 99.5 Å². The molecule has 3 amide bonds. The summed E-state index contributed by atoms with van der Waals surface area (Å²) >= 11 is 3.57. The van der Waals surface area contributed by atoms with Crippen LogP contribution in [-0.4, -0.2) is 28.7 Å². The predicted octanol–water partition coefficient (Wildman–Crippen LogP) is 4.51. The van der Waals surface area contributed by atoms with E-state index in [9.17, 15) is 14.4 Å². The van der Waals surface area contributed by atoms with Crippen LogP contribution < -0.4 is 4.90 Å². The lowest BCUT2D eigenvalue weighted by Gasteiger charge is -2.50. The summed E-state index contributed by atoms with van der Waals surface area (Å²) in [7, 11) is 0. The molecule has 0 spiro atoms. The van der Waals surface area contributed by atoms with Crippen LogP contribution in [-0.2, 0) is 4.79 Å². The maximum atomic E-state index is 13.3. The molecule has 3 aromatic carbocycles. The standard InChI is InChI=1S/C24H17BrN2O3/c1-14-10-12-15(13-11-14)26-20(18-8-4-5-9-19(18)25)21(24(26)30)27-22(28)16-6-2-3-7-17(16)23(27)29/h2-13,20-21H,1H3. The Morgan fingerprint density at radius 1 is 0.700 bits per heavy atom. The Hall–Kier alpha value is -3.25. The number of imide groups is 1. The summed E-state index contributed by atoms with van der Waals surface area (Å²) in [5.74, 6) is -1.11. The number of nitrogens with zero attached hydrogens (tertiary/aromatic N) is 2. The monoisotopic (exact) mass is 460 g/mol. The molecule has 2 aliphatic heterocycles. The minimum absolute atomic E-state index is 0.269. The van der Waals surface area contributed by atoms with E-state index in [1.54, 1.807) is 29.2 Å². The Morgan fingerprint density at radius 3 is 1.87 bits per heavy atom. The SMILES string of the molecule is Cc1ccc(N2C(=O)C(N3C(=O)c4ccccc4C3=O)C2c2ccccc2Br)cc1. The van der Waals surface area contributed by atoms with Crippen LogP contribution >= 0.6 is 15.9 Å². The first kappa shape index (κ1) is 18.8. The molecule has 0 radical (unpaired) electrons. The molecule has 30 heavy (non-hydrogen) atoms. The molecule has 0 aliphatic carbocycles. The van der Waals surface area contributed by atoms with Crippen molar-refractivity contribution in [2.75, 3.05) is 4.90 Å². The second-order valence-corrected chi connectivity index (χ2v) is 8.34. The largest absolute Gasteiger partial charge is 0.300 e. The van der Waals surface area contributed by atoms with Crippen molar-refractivity contribution >= 4 is 39.3 Å². The molecule has 148 valence electrons. The van der Waals surface area contributed by atoms with Gasteiger partial charge in [0.2, 0.25) is 0 Å². The number of hydrogen-bond acceptors (Lipinski definition) is 3. The van der Waals surface area contributed by atoms with Gasteiger partial charge in [-0.3, -0.25) is 19.3 Å². The van der Waals surface area contributed by atoms with E-state index in [4.69, 9.17) is 0 Å². The number of benzene rings is 3. The molecule has 5 nitrogen and oxygen atoms in total. The Labute approximate surface area is 182 Å². The average molecular weight is 461 g/mol. The van der Waals surface area contributed by atoms with Crippen molar-refractivity contribution in [3.8, 4) is 0 Å². The van der Waals surface area contributed by atoms with Crippen molar-refractivity contribution in [3.63, 3.8) is 0 Å². The van der Waals surface area contributed by atoms with E-state index in [-0.39, 0.29) is 5.91 Å². The van der Waals surface area contributed by atoms with Crippen LogP contribution in [0.2, 0.25) is 0 Å². The molecule has 0 saturated carbocycles. The topological polar surface area (TPSA) is 57.7 Å². The highest BCUT2D eigenvalue weighted by Gasteiger charge is 2.57. The lowest BCUT2D eigenvalue weighted by atomic mass is 9.86. The third-order valence-electron chi connectivity index (χ3n) is 5.71. The molecule has 0 N–H and O–H groups in total. The van der Waals surface area contributed by atoms with Gasteiger partial charge in [0, 0.05) is 10.2 Å².